The molecule has 0 atom stereocenters. The maximum atomic E-state index is 12.3. The van der Waals surface area contributed by atoms with Crippen molar-refractivity contribution >= 4 is 6.29 Å². The molecule has 2 heterocycles. The zero-order valence-electron chi connectivity index (χ0n) is 18.1. The molecule has 160 valence electrons. The summed E-state index contributed by atoms with van der Waals surface area (Å²) >= 11 is 0. The van der Waals surface area contributed by atoms with Crippen LogP contribution in [0.4, 0.5) is 0 Å². The molecule has 0 saturated carbocycles. The van der Waals surface area contributed by atoms with Crippen LogP contribution in [-0.2, 0) is 12.0 Å². The van der Waals surface area contributed by atoms with Crippen LogP contribution in [0.1, 0.15) is 38.6 Å². The number of hydrogen-bond donors (Lipinski definition) is 0. The van der Waals surface area contributed by atoms with Crippen molar-refractivity contribution in [1.82, 2.24) is 14.5 Å². The summed E-state index contributed by atoms with van der Waals surface area (Å²) in [6, 6.07) is 34.9. The summed E-state index contributed by atoms with van der Waals surface area (Å²) in [5.41, 5.74) is 4.43. The summed E-state index contributed by atoms with van der Waals surface area (Å²) in [5.74, 6) is 0.385. The second-order valence-corrected chi connectivity index (χ2v) is 7.90. The highest BCUT2D eigenvalue weighted by Gasteiger charge is 2.41. The Morgan fingerprint density at radius 1 is 0.697 bits per heavy atom. The van der Waals surface area contributed by atoms with Crippen LogP contribution in [0.15, 0.2) is 122 Å². The van der Waals surface area contributed by atoms with Gasteiger partial charge in [0.1, 0.15) is 5.54 Å². The molecular weight excluding hydrogens is 406 g/mol. The molecule has 0 spiro atoms. The number of carbonyl (C=O) groups excluding carboxylic acids is 1. The van der Waals surface area contributed by atoms with E-state index >= 15 is 0 Å². The van der Waals surface area contributed by atoms with Crippen molar-refractivity contribution in [1.29, 1.82) is 0 Å². The van der Waals surface area contributed by atoms with E-state index in [1.807, 2.05) is 72.9 Å². The molecule has 4 nitrogen and oxygen atoms in total. The second kappa shape index (κ2) is 9.05. The fourth-order valence-corrected chi connectivity index (χ4v) is 4.63. The van der Waals surface area contributed by atoms with Gasteiger partial charge in [0.25, 0.3) is 0 Å². The molecule has 0 unspecified atom stereocenters. The van der Waals surface area contributed by atoms with Crippen molar-refractivity contribution in [2.24, 2.45) is 0 Å². The summed E-state index contributed by atoms with van der Waals surface area (Å²) in [6.07, 6.45) is 6.86. The molecule has 0 fully saturated rings. The number of benzene rings is 3. The lowest BCUT2D eigenvalue weighted by Crippen LogP contribution is -2.40. The van der Waals surface area contributed by atoms with E-state index in [-0.39, 0.29) is 0 Å². The van der Waals surface area contributed by atoms with Gasteiger partial charge in [0.05, 0.1) is 0 Å². The normalized spacial score (nSPS) is 11.3. The third-order valence-electron chi connectivity index (χ3n) is 6.01. The van der Waals surface area contributed by atoms with Crippen molar-refractivity contribution in [3.05, 3.63) is 155 Å². The predicted octanol–water partition coefficient (Wildman–Crippen LogP) is 5.52. The maximum Gasteiger partial charge on any atom is 0.185 e. The average Bonchev–Trinajstić information content (AvgIpc) is 3.30. The van der Waals surface area contributed by atoms with Gasteiger partial charge in [-0.05, 0) is 34.4 Å². The van der Waals surface area contributed by atoms with Crippen molar-refractivity contribution in [2.75, 3.05) is 0 Å². The summed E-state index contributed by atoms with van der Waals surface area (Å²) in [5, 5.41) is 0. The van der Waals surface area contributed by atoms with Crippen molar-refractivity contribution < 1.29 is 4.79 Å². The predicted molar refractivity (Wildman–Crippen MR) is 129 cm³/mol. The van der Waals surface area contributed by atoms with E-state index in [1.54, 1.807) is 12.4 Å². The molecule has 0 N–H and O–H groups in total. The van der Waals surface area contributed by atoms with Crippen molar-refractivity contribution in [2.45, 2.75) is 12.0 Å². The maximum absolute atomic E-state index is 12.3. The molecule has 5 aromatic rings. The third kappa shape index (κ3) is 3.66. The van der Waals surface area contributed by atoms with Crippen LogP contribution in [0.3, 0.4) is 0 Å². The first kappa shape index (κ1) is 20.6. The number of rotatable bonds is 7. The molecule has 0 aliphatic carbocycles. The zero-order valence-corrected chi connectivity index (χ0v) is 18.1. The standard InChI is InChI=1S/C29H23N3O/c33-22-28-31-21-27(20-23-16-18-30-19-17-23)32(28)29(24-10-4-1-5-11-24,25-12-6-2-7-13-25)26-14-8-3-9-15-26/h1-19,21-22H,20H2. The minimum atomic E-state index is -0.779. The number of hydrogen-bond acceptors (Lipinski definition) is 3. The largest absolute Gasteiger partial charge is 0.307 e. The Hall–Kier alpha value is -4.31. The number of carbonyl (C=O) groups is 1. The van der Waals surface area contributed by atoms with Gasteiger partial charge >= 0.3 is 0 Å². The molecule has 3 aromatic carbocycles. The molecule has 0 aliphatic rings. The van der Waals surface area contributed by atoms with Crippen molar-refractivity contribution in [3.63, 3.8) is 0 Å². The summed E-state index contributed by atoms with van der Waals surface area (Å²) in [7, 11) is 0. The highest BCUT2D eigenvalue weighted by atomic mass is 16.1. The SMILES string of the molecule is O=Cc1ncc(Cc2ccncc2)n1C(c1ccccc1)(c1ccccc1)c1ccccc1. The summed E-state index contributed by atoms with van der Waals surface area (Å²) in [6.45, 7) is 0. The highest BCUT2D eigenvalue weighted by Crippen LogP contribution is 2.42. The first-order chi connectivity index (χ1) is 16.3. The van der Waals surface area contributed by atoms with E-state index in [0.717, 1.165) is 34.2 Å². The lowest BCUT2D eigenvalue weighted by Gasteiger charge is -2.39. The smallest absolute Gasteiger partial charge is 0.185 e. The van der Waals surface area contributed by atoms with E-state index in [2.05, 4.69) is 50.9 Å². The fraction of sp³-hybridized carbons (Fsp3) is 0.0690. The van der Waals surface area contributed by atoms with Gasteiger partial charge in [-0.1, -0.05) is 91.0 Å². The summed E-state index contributed by atoms with van der Waals surface area (Å²) in [4.78, 5) is 21.0. The van der Waals surface area contributed by atoms with E-state index in [9.17, 15) is 4.79 Å². The molecule has 33 heavy (non-hydrogen) atoms. The molecule has 2 aromatic heterocycles. The molecule has 0 amide bonds. The Labute approximate surface area is 193 Å². The quantitative estimate of drug-likeness (QED) is 0.253. The Morgan fingerprint density at radius 3 is 1.64 bits per heavy atom. The Bertz CT molecular complexity index is 1230. The number of aldehydes is 1. The Morgan fingerprint density at radius 2 is 1.18 bits per heavy atom. The van der Waals surface area contributed by atoms with Crippen LogP contribution >= 0.6 is 0 Å². The van der Waals surface area contributed by atoms with Gasteiger partial charge in [0.15, 0.2) is 12.1 Å². The van der Waals surface area contributed by atoms with Crippen LogP contribution in [0.5, 0.6) is 0 Å². The lowest BCUT2D eigenvalue weighted by molar-refractivity contribution is 0.110. The molecule has 4 heteroatoms. The summed E-state index contributed by atoms with van der Waals surface area (Å²) < 4.78 is 2.10. The van der Waals surface area contributed by atoms with Crippen LogP contribution < -0.4 is 0 Å². The van der Waals surface area contributed by atoms with E-state index in [0.29, 0.717) is 12.2 Å². The van der Waals surface area contributed by atoms with Gasteiger partial charge in [-0.25, -0.2) is 4.98 Å². The molecular formula is C29H23N3O. The van der Waals surface area contributed by atoms with E-state index in [1.165, 1.54) is 0 Å². The van der Waals surface area contributed by atoms with Gasteiger partial charge in [0, 0.05) is 30.7 Å². The molecule has 0 radical (unpaired) electrons. The molecule has 0 saturated heterocycles. The average molecular weight is 430 g/mol. The number of aromatic nitrogens is 3. The molecule has 0 aliphatic heterocycles. The first-order valence-corrected chi connectivity index (χ1v) is 10.9. The van der Waals surface area contributed by atoms with E-state index < -0.39 is 5.54 Å². The minimum absolute atomic E-state index is 0.385. The lowest BCUT2D eigenvalue weighted by atomic mass is 9.76. The number of imidazole rings is 1. The van der Waals surface area contributed by atoms with Crippen LogP contribution in [0.25, 0.3) is 0 Å². The minimum Gasteiger partial charge on any atom is -0.307 e. The Balaban J connectivity index is 1.88. The first-order valence-electron chi connectivity index (χ1n) is 10.9. The Kier molecular flexibility index (Phi) is 5.64. The monoisotopic (exact) mass is 429 g/mol. The van der Waals surface area contributed by atoms with Gasteiger partial charge in [-0.2, -0.15) is 0 Å². The third-order valence-corrected chi connectivity index (χ3v) is 6.01. The topological polar surface area (TPSA) is 47.8 Å². The zero-order chi connectivity index (χ0) is 22.5. The van der Waals surface area contributed by atoms with Gasteiger partial charge in [-0.3, -0.25) is 9.78 Å². The van der Waals surface area contributed by atoms with Gasteiger partial charge in [0.2, 0.25) is 0 Å². The molecule has 5 rings (SSSR count). The van der Waals surface area contributed by atoms with Crippen LogP contribution in [0.2, 0.25) is 0 Å². The number of pyridine rings is 1. The number of nitrogens with zero attached hydrogens (tertiary/aromatic N) is 3. The molecule has 0 bridgehead atoms. The fourth-order valence-electron chi connectivity index (χ4n) is 4.63. The second-order valence-electron chi connectivity index (χ2n) is 7.90. The van der Waals surface area contributed by atoms with E-state index in [4.69, 9.17) is 0 Å². The van der Waals surface area contributed by atoms with Crippen LogP contribution in [0, 0.1) is 0 Å². The van der Waals surface area contributed by atoms with Gasteiger partial charge < -0.3 is 4.57 Å². The van der Waals surface area contributed by atoms with Crippen LogP contribution in [-0.4, -0.2) is 20.8 Å². The van der Waals surface area contributed by atoms with Crippen molar-refractivity contribution in [3.8, 4) is 0 Å². The highest BCUT2D eigenvalue weighted by molar-refractivity contribution is 5.71. The van der Waals surface area contributed by atoms with Gasteiger partial charge in [-0.15, -0.1) is 0 Å².